The van der Waals surface area contributed by atoms with Crippen molar-refractivity contribution in [2.24, 2.45) is 0 Å². The second-order valence-electron chi connectivity index (χ2n) is 3.33. The third-order valence-electron chi connectivity index (χ3n) is 2.17. The molecule has 1 aliphatic heterocycles. The number of anilines is 1. The van der Waals surface area contributed by atoms with Crippen molar-refractivity contribution in [3.05, 3.63) is 23.3 Å². The van der Waals surface area contributed by atoms with Gasteiger partial charge in [0.15, 0.2) is 0 Å². The molecular weight excluding hydrogens is 182 g/mol. The van der Waals surface area contributed by atoms with Gasteiger partial charge in [0.05, 0.1) is 12.3 Å². The average molecular weight is 193 g/mol. The second-order valence-corrected chi connectivity index (χ2v) is 3.33. The topological polar surface area (TPSA) is 58.6 Å². The molecule has 1 aromatic rings. The smallest absolute Gasteiger partial charge is 0.409 e. The van der Waals surface area contributed by atoms with E-state index in [1.165, 1.54) is 0 Å². The fourth-order valence-electron chi connectivity index (χ4n) is 1.68. The van der Waals surface area contributed by atoms with Crippen molar-refractivity contribution < 1.29 is 14.6 Å². The molecule has 0 saturated heterocycles. The Morgan fingerprint density at radius 2 is 2.36 bits per heavy atom. The molecule has 2 rings (SSSR count). The van der Waals surface area contributed by atoms with Gasteiger partial charge in [0.25, 0.3) is 0 Å². The summed E-state index contributed by atoms with van der Waals surface area (Å²) in [5.41, 5.74) is 2.66. The van der Waals surface area contributed by atoms with E-state index in [1.54, 1.807) is 6.07 Å². The first-order chi connectivity index (χ1) is 6.66. The van der Waals surface area contributed by atoms with Gasteiger partial charge in [-0.05, 0) is 24.1 Å². The number of aryl methyl sites for hydroxylation is 1. The highest BCUT2D eigenvalue weighted by molar-refractivity contribution is 5.86. The molecule has 0 aliphatic carbocycles. The maximum Gasteiger partial charge on any atom is 0.409 e. The maximum atomic E-state index is 10.5. The molecule has 4 nitrogen and oxygen atoms in total. The van der Waals surface area contributed by atoms with E-state index < -0.39 is 6.09 Å². The predicted molar refractivity (Wildman–Crippen MR) is 52.0 cm³/mol. The van der Waals surface area contributed by atoms with Crippen LogP contribution in [0.5, 0.6) is 5.75 Å². The minimum atomic E-state index is -1.06. The molecule has 2 N–H and O–H groups in total. The Hall–Kier alpha value is -1.71. The van der Waals surface area contributed by atoms with Gasteiger partial charge < -0.3 is 9.84 Å². The Labute approximate surface area is 81.5 Å². The highest BCUT2D eigenvalue weighted by Crippen LogP contribution is 2.34. The molecule has 1 heterocycles. The zero-order chi connectivity index (χ0) is 10.1. The first kappa shape index (κ1) is 8.87. The second kappa shape index (κ2) is 3.21. The number of hydrogen-bond donors (Lipinski definition) is 2. The van der Waals surface area contributed by atoms with Crippen molar-refractivity contribution in [1.29, 1.82) is 0 Å². The van der Waals surface area contributed by atoms with Gasteiger partial charge in [0.2, 0.25) is 0 Å². The summed E-state index contributed by atoms with van der Waals surface area (Å²) >= 11 is 0. The van der Waals surface area contributed by atoms with Crippen LogP contribution in [0.25, 0.3) is 0 Å². The van der Waals surface area contributed by atoms with Gasteiger partial charge in [-0.15, -0.1) is 0 Å². The number of carboxylic acid groups (broad SMARTS) is 1. The first-order valence-electron chi connectivity index (χ1n) is 4.43. The average Bonchev–Trinajstić information content (AvgIpc) is 2.50. The highest BCUT2D eigenvalue weighted by Gasteiger charge is 2.17. The van der Waals surface area contributed by atoms with Crippen LogP contribution in [0.1, 0.15) is 11.1 Å². The van der Waals surface area contributed by atoms with Gasteiger partial charge in [0.1, 0.15) is 5.75 Å². The minimum absolute atomic E-state index is 0.546. The van der Waals surface area contributed by atoms with Crippen LogP contribution in [-0.2, 0) is 6.42 Å². The molecule has 0 bridgehead atoms. The first-order valence-corrected chi connectivity index (χ1v) is 4.43. The summed E-state index contributed by atoms with van der Waals surface area (Å²) in [6.45, 7) is 2.57. The SMILES string of the molecule is Cc1cc2c(c(NC(=O)O)c1)OCC2. The predicted octanol–water partition coefficient (Wildman–Crippen LogP) is 2.02. The molecule has 0 unspecified atom stereocenters. The molecule has 0 fully saturated rings. The Morgan fingerprint density at radius 3 is 3.07 bits per heavy atom. The van der Waals surface area contributed by atoms with Crippen LogP contribution in [-0.4, -0.2) is 17.8 Å². The molecule has 0 radical (unpaired) electrons. The Morgan fingerprint density at radius 1 is 1.57 bits per heavy atom. The van der Waals surface area contributed by atoms with E-state index in [9.17, 15) is 4.79 Å². The largest absolute Gasteiger partial charge is 0.491 e. The molecule has 0 atom stereocenters. The summed E-state index contributed by atoms with van der Waals surface area (Å²) in [7, 11) is 0. The van der Waals surface area contributed by atoms with Crippen molar-refractivity contribution in [3.8, 4) is 5.75 Å². The number of fused-ring (bicyclic) bond motifs is 1. The van der Waals surface area contributed by atoms with Crippen LogP contribution in [0.4, 0.5) is 10.5 Å². The van der Waals surface area contributed by atoms with Crippen LogP contribution in [0.3, 0.4) is 0 Å². The van der Waals surface area contributed by atoms with Gasteiger partial charge in [-0.25, -0.2) is 4.79 Å². The van der Waals surface area contributed by atoms with Gasteiger partial charge in [-0.2, -0.15) is 0 Å². The van der Waals surface area contributed by atoms with E-state index in [4.69, 9.17) is 9.84 Å². The zero-order valence-corrected chi connectivity index (χ0v) is 7.83. The quantitative estimate of drug-likeness (QED) is 0.717. The van der Waals surface area contributed by atoms with E-state index in [-0.39, 0.29) is 0 Å². The van der Waals surface area contributed by atoms with E-state index in [1.807, 2.05) is 13.0 Å². The molecule has 1 aliphatic rings. The summed E-state index contributed by atoms with van der Waals surface area (Å²) in [6.07, 6.45) is -0.209. The lowest BCUT2D eigenvalue weighted by Crippen LogP contribution is -2.08. The Bertz CT molecular complexity index is 387. The van der Waals surface area contributed by atoms with Gasteiger partial charge in [0, 0.05) is 6.42 Å². The normalized spacial score (nSPS) is 13.2. The zero-order valence-electron chi connectivity index (χ0n) is 7.83. The Balaban J connectivity index is 2.43. The van der Waals surface area contributed by atoms with E-state index in [0.29, 0.717) is 18.0 Å². The maximum absolute atomic E-state index is 10.5. The molecule has 74 valence electrons. The van der Waals surface area contributed by atoms with E-state index in [2.05, 4.69) is 5.32 Å². The van der Waals surface area contributed by atoms with E-state index >= 15 is 0 Å². The number of carbonyl (C=O) groups is 1. The molecule has 0 saturated carbocycles. The van der Waals surface area contributed by atoms with Gasteiger partial charge in [-0.1, -0.05) is 6.07 Å². The summed E-state index contributed by atoms with van der Waals surface area (Å²) in [6, 6.07) is 3.80. The lowest BCUT2D eigenvalue weighted by atomic mass is 10.1. The van der Waals surface area contributed by atoms with Crippen LogP contribution >= 0.6 is 0 Å². The fraction of sp³-hybridized carbons (Fsp3) is 0.300. The standard InChI is InChI=1S/C10H11NO3/c1-6-4-7-2-3-14-9(7)8(5-6)11-10(12)13/h4-5,11H,2-3H2,1H3,(H,12,13). The molecular formula is C10H11NO3. The number of amides is 1. The van der Waals surface area contributed by atoms with Crippen LogP contribution in [0.15, 0.2) is 12.1 Å². The van der Waals surface area contributed by atoms with Crippen molar-refractivity contribution >= 4 is 11.8 Å². The van der Waals surface area contributed by atoms with Gasteiger partial charge >= 0.3 is 6.09 Å². The van der Waals surface area contributed by atoms with Gasteiger partial charge in [-0.3, -0.25) is 5.32 Å². The molecule has 14 heavy (non-hydrogen) atoms. The molecule has 0 spiro atoms. The summed E-state index contributed by atoms with van der Waals surface area (Å²) in [5, 5.41) is 11.0. The monoisotopic (exact) mass is 193 g/mol. The summed E-state index contributed by atoms with van der Waals surface area (Å²) < 4.78 is 5.36. The minimum Gasteiger partial charge on any atom is -0.491 e. The van der Waals surface area contributed by atoms with E-state index in [0.717, 1.165) is 17.5 Å². The number of benzene rings is 1. The molecule has 4 heteroatoms. The lowest BCUT2D eigenvalue weighted by molar-refractivity contribution is 0.209. The van der Waals surface area contributed by atoms with Crippen LogP contribution in [0.2, 0.25) is 0 Å². The van der Waals surface area contributed by atoms with Crippen molar-refractivity contribution in [1.82, 2.24) is 0 Å². The number of ether oxygens (including phenoxy) is 1. The number of nitrogens with one attached hydrogen (secondary N) is 1. The third kappa shape index (κ3) is 1.51. The molecule has 0 aromatic heterocycles. The van der Waals surface area contributed by atoms with Crippen molar-refractivity contribution in [2.75, 3.05) is 11.9 Å². The summed E-state index contributed by atoms with van der Waals surface area (Å²) in [5.74, 6) is 0.679. The van der Waals surface area contributed by atoms with Crippen molar-refractivity contribution in [3.63, 3.8) is 0 Å². The fourth-order valence-corrected chi connectivity index (χ4v) is 1.68. The Kier molecular flexibility index (Phi) is 2.04. The highest BCUT2D eigenvalue weighted by atomic mass is 16.5. The van der Waals surface area contributed by atoms with Crippen molar-refractivity contribution in [2.45, 2.75) is 13.3 Å². The molecule has 1 amide bonds. The number of hydrogen-bond acceptors (Lipinski definition) is 2. The summed E-state index contributed by atoms with van der Waals surface area (Å²) in [4.78, 5) is 10.5. The van der Waals surface area contributed by atoms with Crippen LogP contribution in [0, 0.1) is 6.92 Å². The number of rotatable bonds is 1. The molecule has 1 aromatic carbocycles. The van der Waals surface area contributed by atoms with Crippen LogP contribution < -0.4 is 10.1 Å². The third-order valence-corrected chi connectivity index (χ3v) is 2.17. The lowest BCUT2D eigenvalue weighted by Gasteiger charge is -2.08.